The molecule has 0 aromatic heterocycles. The van der Waals surface area contributed by atoms with Crippen LogP contribution in [0.25, 0.3) is 0 Å². The van der Waals surface area contributed by atoms with Gasteiger partial charge in [-0.05, 0) is 135 Å². The lowest BCUT2D eigenvalue weighted by Crippen LogP contribution is -2.68. The van der Waals surface area contributed by atoms with Crippen LogP contribution in [0.15, 0.2) is 0 Å². The number of rotatable bonds is 7. The Bertz CT molecular complexity index is 1400. The van der Waals surface area contributed by atoms with Gasteiger partial charge < -0.3 is 24.7 Å². The van der Waals surface area contributed by atoms with Crippen molar-refractivity contribution in [1.29, 1.82) is 0 Å². The molecular formula is C43H70N2O6. The average Bonchev–Trinajstić information content (AvgIpc) is 3.73. The summed E-state index contributed by atoms with van der Waals surface area (Å²) in [7, 11) is 0. The number of hydrogen-bond acceptors (Lipinski definition) is 6. The van der Waals surface area contributed by atoms with Crippen molar-refractivity contribution in [3.8, 4) is 0 Å². The van der Waals surface area contributed by atoms with E-state index in [2.05, 4.69) is 46.4 Å². The molecule has 0 unspecified atom stereocenters. The van der Waals surface area contributed by atoms with Gasteiger partial charge in [0.1, 0.15) is 6.10 Å². The highest BCUT2D eigenvalue weighted by atomic mass is 16.5. The van der Waals surface area contributed by atoms with Crippen LogP contribution >= 0.6 is 0 Å². The van der Waals surface area contributed by atoms with Gasteiger partial charge in [-0.1, -0.05) is 48.5 Å². The summed E-state index contributed by atoms with van der Waals surface area (Å²) in [5, 5.41) is 19.7. The van der Waals surface area contributed by atoms with Crippen LogP contribution in [-0.2, 0) is 19.1 Å². The number of piperazine rings is 1. The lowest BCUT2D eigenvalue weighted by Gasteiger charge is -2.73. The fourth-order valence-electron chi connectivity index (χ4n) is 14.7. The van der Waals surface area contributed by atoms with E-state index in [9.17, 15) is 19.8 Å². The molecule has 1 heterocycles. The van der Waals surface area contributed by atoms with Gasteiger partial charge in [0.25, 0.3) is 0 Å². The standard InChI is InChI=1S/C43H70N2O6/c1-9-33(48)51-32-14-15-40(6)30(37(32,2)3)13-16-42(8)31(40)11-10-29-34-28(38(4)18-19-38)12-17-43(34,21-20-41(29,42)7)36(50)45-24-22-44(23-25-45)35(49)39(5,26-46)27-47/h28-32,34,46-47H,9-27H2,1-8H3/t28-,29-,30+,31-,32+,34-,40+,41-,42-,43+/m1/s1. The quantitative estimate of drug-likeness (QED) is 0.280. The van der Waals surface area contributed by atoms with Gasteiger partial charge in [-0.3, -0.25) is 14.4 Å². The van der Waals surface area contributed by atoms with Crippen molar-refractivity contribution in [2.45, 2.75) is 145 Å². The highest BCUT2D eigenvalue weighted by Crippen LogP contribution is 2.79. The molecule has 0 aromatic carbocycles. The second-order valence-corrected chi connectivity index (χ2v) is 20.8. The Morgan fingerprint density at radius 3 is 1.96 bits per heavy atom. The van der Waals surface area contributed by atoms with Gasteiger partial charge in [0.15, 0.2) is 0 Å². The summed E-state index contributed by atoms with van der Waals surface area (Å²) in [6.45, 7) is 19.9. The summed E-state index contributed by atoms with van der Waals surface area (Å²) in [4.78, 5) is 44.7. The van der Waals surface area contributed by atoms with E-state index in [4.69, 9.17) is 4.74 Å². The van der Waals surface area contributed by atoms with E-state index in [-0.39, 0.29) is 45.1 Å². The van der Waals surface area contributed by atoms with Crippen molar-refractivity contribution in [1.82, 2.24) is 9.80 Å². The number of amides is 2. The summed E-state index contributed by atoms with van der Waals surface area (Å²) in [6, 6.07) is 0. The van der Waals surface area contributed by atoms with E-state index in [1.54, 1.807) is 11.8 Å². The van der Waals surface area contributed by atoms with Crippen LogP contribution in [0.4, 0.5) is 0 Å². The first-order chi connectivity index (χ1) is 23.9. The van der Waals surface area contributed by atoms with Gasteiger partial charge >= 0.3 is 5.97 Å². The maximum atomic E-state index is 15.1. The molecule has 2 N–H and O–H groups in total. The van der Waals surface area contributed by atoms with Crippen molar-refractivity contribution in [3.63, 3.8) is 0 Å². The molecule has 2 amide bonds. The minimum atomic E-state index is -1.19. The van der Waals surface area contributed by atoms with E-state index in [0.717, 1.165) is 38.5 Å². The third kappa shape index (κ3) is 5.27. The van der Waals surface area contributed by atoms with E-state index in [1.165, 1.54) is 38.5 Å². The van der Waals surface area contributed by atoms with Crippen LogP contribution in [0.1, 0.15) is 139 Å². The summed E-state index contributed by atoms with van der Waals surface area (Å²) < 4.78 is 6.13. The molecule has 10 atom stereocenters. The Morgan fingerprint density at radius 2 is 1.35 bits per heavy atom. The van der Waals surface area contributed by atoms with Gasteiger partial charge in [-0.25, -0.2) is 0 Å². The second kappa shape index (κ2) is 12.4. The zero-order valence-corrected chi connectivity index (χ0v) is 33.3. The number of carbonyl (C=O) groups is 3. The third-order valence-corrected chi connectivity index (χ3v) is 18.4. The number of aliphatic hydroxyl groups excluding tert-OH is 2. The zero-order valence-electron chi connectivity index (χ0n) is 33.3. The van der Waals surface area contributed by atoms with Gasteiger partial charge in [0.2, 0.25) is 11.8 Å². The van der Waals surface area contributed by atoms with Crippen LogP contribution in [-0.4, -0.2) is 83.3 Å². The van der Waals surface area contributed by atoms with Crippen molar-refractivity contribution < 1.29 is 29.3 Å². The first-order valence-electron chi connectivity index (χ1n) is 20.9. The van der Waals surface area contributed by atoms with E-state index >= 15 is 4.79 Å². The van der Waals surface area contributed by atoms with Crippen LogP contribution in [0, 0.1) is 67.5 Å². The van der Waals surface area contributed by atoms with Crippen molar-refractivity contribution in [3.05, 3.63) is 0 Å². The summed E-state index contributed by atoms with van der Waals surface area (Å²) in [6.07, 6.45) is 14.2. The molecule has 7 rings (SSSR count). The SMILES string of the molecule is CCC(=O)O[C@H]1CC[C@]2(C)[C@H]3CC[C@@H]4[C@H]5[C@H](C6(C)CC6)CC[C@]5(C(=O)N5CCN(C(=O)C(C)(CO)CO)CC5)CC[C@@]4(C)[C@]3(C)CC[C@H]2C1(C)C. The Balaban J connectivity index is 1.16. The molecule has 0 bridgehead atoms. The molecule has 1 saturated heterocycles. The maximum absolute atomic E-state index is 15.1. The number of aliphatic hydroxyl groups is 2. The van der Waals surface area contributed by atoms with Crippen LogP contribution in [0.3, 0.4) is 0 Å². The van der Waals surface area contributed by atoms with Crippen LogP contribution in [0.5, 0.6) is 0 Å². The Kier molecular flexibility index (Phi) is 9.17. The fraction of sp³-hybridized carbons (Fsp3) is 0.930. The normalized spacial score (nSPS) is 44.0. The Morgan fingerprint density at radius 1 is 0.706 bits per heavy atom. The van der Waals surface area contributed by atoms with Crippen molar-refractivity contribution >= 4 is 17.8 Å². The lowest BCUT2D eigenvalue weighted by molar-refractivity contribution is -0.251. The smallest absolute Gasteiger partial charge is 0.305 e. The number of ether oxygens (including phenoxy) is 1. The van der Waals surface area contributed by atoms with E-state index in [1.807, 2.05) is 6.92 Å². The van der Waals surface area contributed by atoms with Crippen molar-refractivity contribution in [2.24, 2.45) is 67.5 Å². The summed E-state index contributed by atoms with van der Waals surface area (Å²) in [5.41, 5.74) is -0.614. The number of carbonyl (C=O) groups excluding carboxylic acids is 3. The summed E-state index contributed by atoms with van der Waals surface area (Å²) >= 11 is 0. The van der Waals surface area contributed by atoms with E-state index in [0.29, 0.717) is 73.5 Å². The maximum Gasteiger partial charge on any atom is 0.305 e. The summed E-state index contributed by atoms with van der Waals surface area (Å²) in [5.74, 6) is 2.76. The first kappa shape index (κ1) is 37.6. The molecule has 8 heteroatoms. The molecule has 0 aromatic rings. The van der Waals surface area contributed by atoms with Gasteiger partial charge in [0, 0.05) is 38.0 Å². The van der Waals surface area contributed by atoms with Gasteiger partial charge in [-0.15, -0.1) is 0 Å². The molecule has 288 valence electrons. The number of hydrogen-bond donors (Lipinski definition) is 2. The fourth-order valence-corrected chi connectivity index (χ4v) is 14.7. The minimum Gasteiger partial charge on any atom is -0.462 e. The minimum absolute atomic E-state index is 0.00647. The molecular weight excluding hydrogens is 640 g/mol. The Hall–Kier alpha value is -1.67. The molecule has 0 spiro atoms. The third-order valence-electron chi connectivity index (χ3n) is 18.4. The predicted molar refractivity (Wildman–Crippen MR) is 197 cm³/mol. The monoisotopic (exact) mass is 711 g/mol. The molecule has 8 nitrogen and oxygen atoms in total. The van der Waals surface area contributed by atoms with Crippen LogP contribution < -0.4 is 0 Å². The molecule has 0 radical (unpaired) electrons. The number of fused-ring (bicyclic) bond motifs is 7. The highest BCUT2D eigenvalue weighted by Gasteiger charge is 2.73. The average molecular weight is 711 g/mol. The van der Waals surface area contributed by atoms with E-state index < -0.39 is 18.6 Å². The molecule has 7 aliphatic rings. The lowest BCUT2D eigenvalue weighted by atomic mass is 9.32. The number of nitrogens with zero attached hydrogens (tertiary/aromatic N) is 2. The number of esters is 1. The molecule has 7 fully saturated rings. The van der Waals surface area contributed by atoms with Crippen molar-refractivity contribution in [2.75, 3.05) is 39.4 Å². The zero-order chi connectivity index (χ0) is 37.0. The molecule has 51 heavy (non-hydrogen) atoms. The largest absolute Gasteiger partial charge is 0.462 e. The second-order valence-electron chi connectivity index (χ2n) is 20.8. The first-order valence-corrected chi connectivity index (χ1v) is 20.9. The topological polar surface area (TPSA) is 107 Å². The molecule has 6 aliphatic carbocycles. The molecule has 1 aliphatic heterocycles. The van der Waals surface area contributed by atoms with Gasteiger partial charge in [-0.2, -0.15) is 0 Å². The Labute approximate surface area is 308 Å². The van der Waals surface area contributed by atoms with Gasteiger partial charge in [0.05, 0.1) is 24.0 Å². The predicted octanol–water partition coefficient (Wildman–Crippen LogP) is 6.85. The van der Waals surface area contributed by atoms with Crippen LogP contribution in [0.2, 0.25) is 0 Å². The molecule has 6 saturated carbocycles. The highest BCUT2D eigenvalue weighted by molar-refractivity contribution is 5.85.